The summed E-state index contributed by atoms with van der Waals surface area (Å²) in [6, 6.07) is 12.1. The molecule has 1 N–H and O–H groups in total. The molecule has 0 radical (unpaired) electrons. The maximum absolute atomic E-state index is 13.0. The first-order valence-corrected chi connectivity index (χ1v) is 9.35. The number of benzene rings is 2. The minimum absolute atomic E-state index is 0.196. The first kappa shape index (κ1) is 17.4. The summed E-state index contributed by atoms with van der Waals surface area (Å²) in [6.45, 7) is 2.35. The first-order chi connectivity index (χ1) is 12.0. The second-order valence-electron chi connectivity index (χ2n) is 5.97. The number of nitrogens with zero attached hydrogens (tertiary/aromatic N) is 2. The second kappa shape index (κ2) is 6.85. The minimum Gasteiger partial charge on any atom is -0.497 e. The van der Waals surface area contributed by atoms with Gasteiger partial charge >= 0.3 is 0 Å². The predicted molar refractivity (Wildman–Crippen MR) is 94.7 cm³/mol. The van der Waals surface area contributed by atoms with E-state index in [4.69, 9.17) is 4.74 Å². The summed E-state index contributed by atoms with van der Waals surface area (Å²) in [7, 11) is -2.08. The number of ether oxygens (including phenoxy) is 1. The summed E-state index contributed by atoms with van der Waals surface area (Å²) in [4.78, 5) is 0.256. The molecular weight excluding hydrogens is 340 g/mol. The maximum atomic E-state index is 13.0. The first-order valence-electron chi connectivity index (χ1n) is 7.90. The normalized spacial score (nSPS) is 17.1. The van der Waals surface area contributed by atoms with Gasteiger partial charge in [0.1, 0.15) is 5.75 Å². The van der Waals surface area contributed by atoms with E-state index in [0.29, 0.717) is 17.9 Å². The molecule has 0 aliphatic carbocycles. The van der Waals surface area contributed by atoms with E-state index in [1.165, 1.54) is 4.31 Å². The van der Waals surface area contributed by atoms with Gasteiger partial charge in [-0.25, -0.2) is 8.42 Å². The van der Waals surface area contributed by atoms with Gasteiger partial charge in [-0.3, -0.25) is 0 Å². The largest absolute Gasteiger partial charge is 0.497 e. The van der Waals surface area contributed by atoms with Crippen LogP contribution < -0.4 is 4.74 Å². The molecule has 0 aromatic heterocycles. The van der Waals surface area contributed by atoms with E-state index in [1.807, 2.05) is 6.92 Å². The van der Waals surface area contributed by atoms with Crippen molar-refractivity contribution in [1.29, 1.82) is 0 Å². The molecule has 0 spiro atoms. The van der Waals surface area contributed by atoms with E-state index >= 15 is 0 Å². The van der Waals surface area contributed by atoms with Crippen LogP contribution in [0, 0.1) is 6.92 Å². The van der Waals surface area contributed by atoms with Crippen LogP contribution in [0.15, 0.2) is 52.5 Å². The summed E-state index contributed by atoms with van der Waals surface area (Å²) in [5.41, 5.74) is 2.96. The van der Waals surface area contributed by atoms with Crippen LogP contribution in [0.2, 0.25) is 0 Å². The number of aryl methyl sites for hydroxylation is 1. The molecule has 0 fully saturated rings. The van der Waals surface area contributed by atoms with Crippen LogP contribution in [-0.2, 0) is 16.6 Å². The molecule has 0 saturated carbocycles. The van der Waals surface area contributed by atoms with Crippen molar-refractivity contribution in [3.8, 4) is 5.75 Å². The Morgan fingerprint density at radius 2 is 1.88 bits per heavy atom. The fraction of sp³-hybridized carbons (Fsp3) is 0.278. The summed E-state index contributed by atoms with van der Waals surface area (Å²) in [5, 5.41) is 12.7. The molecule has 0 saturated heterocycles. The highest BCUT2D eigenvalue weighted by Crippen LogP contribution is 2.27. The third kappa shape index (κ3) is 3.38. The highest BCUT2D eigenvalue weighted by atomic mass is 32.2. The van der Waals surface area contributed by atoms with Crippen LogP contribution in [-0.4, -0.2) is 37.3 Å². The van der Waals surface area contributed by atoms with E-state index in [9.17, 15) is 13.6 Å². The molecule has 0 unspecified atom stereocenters. The van der Waals surface area contributed by atoms with Crippen molar-refractivity contribution in [2.24, 2.45) is 5.16 Å². The molecule has 0 atom stereocenters. The van der Waals surface area contributed by atoms with Crippen LogP contribution in [0.3, 0.4) is 0 Å². The molecule has 1 aliphatic rings. The average Bonchev–Trinajstić information content (AvgIpc) is 2.81. The molecular formula is C18H20N2O4S. The van der Waals surface area contributed by atoms with Crippen molar-refractivity contribution in [3.05, 3.63) is 59.2 Å². The van der Waals surface area contributed by atoms with Crippen LogP contribution in [0.25, 0.3) is 0 Å². The average molecular weight is 360 g/mol. The second-order valence-corrected chi connectivity index (χ2v) is 7.91. The quantitative estimate of drug-likeness (QED) is 0.674. The Labute approximate surface area is 147 Å². The van der Waals surface area contributed by atoms with Crippen molar-refractivity contribution >= 4 is 15.7 Å². The third-order valence-electron chi connectivity index (χ3n) is 4.35. The van der Waals surface area contributed by atoms with Gasteiger partial charge in [0.05, 0.1) is 17.7 Å². The molecule has 6 nitrogen and oxygen atoms in total. The Kier molecular flexibility index (Phi) is 4.78. The highest BCUT2D eigenvalue weighted by Gasteiger charge is 2.29. The topological polar surface area (TPSA) is 79.2 Å². The number of methoxy groups -OCH3 is 1. The van der Waals surface area contributed by atoms with E-state index in [2.05, 4.69) is 5.16 Å². The fourth-order valence-electron chi connectivity index (χ4n) is 2.91. The summed E-state index contributed by atoms with van der Waals surface area (Å²) >= 11 is 0. The van der Waals surface area contributed by atoms with Crippen molar-refractivity contribution in [2.75, 3.05) is 13.7 Å². The minimum atomic E-state index is -3.64. The van der Waals surface area contributed by atoms with Crippen LogP contribution in [0.1, 0.15) is 23.1 Å². The lowest BCUT2D eigenvalue weighted by Crippen LogP contribution is -2.31. The monoisotopic (exact) mass is 360 g/mol. The lowest BCUT2D eigenvalue weighted by Gasteiger charge is -2.20. The van der Waals surface area contributed by atoms with Gasteiger partial charge in [0.25, 0.3) is 0 Å². The molecule has 25 heavy (non-hydrogen) atoms. The molecule has 3 rings (SSSR count). The molecule has 0 bridgehead atoms. The van der Waals surface area contributed by atoms with Crippen molar-refractivity contribution in [3.63, 3.8) is 0 Å². The summed E-state index contributed by atoms with van der Waals surface area (Å²) < 4.78 is 32.7. The Balaban J connectivity index is 2.03. The zero-order valence-corrected chi connectivity index (χ0v) is 15.0. The lowest BCUT2D eigenvalue weighted by atomic mass is 10.0. The molecule has 2 aromatic carbocycles. The number of rotatable bonds is 3. The van der Waals surface area contributed by atoms with E-state index in [-0.39, 0.29) is 18.0 Å². The number of sulfonamides is 1. The molecule has 2 aromatic rings. The van der Waals surface area contributed by atoms with Gasteiger partial charge in [0.2, 0.25) is 10.0 Å². The van der Waals surface area contributed by atoms with Gasteiger partial charge in [-0.15, -0.1) is 0 Å². The highest BCUT2D eigenvalue weighted by molar-refractivity contribution is 7.89. The standard InChI is InChI=1S/C18H20N2O4S/c1-13-3-6-16(7-4-13)25(22,23)20-10-9-18(19-21)17-8-5-15(24-2)11-14(17)12-20/h3-8,11,21H,9-10,12H2,1-2H3/b19-18+. The van der Waals surface area contributed by atoms with E-state index in [0.717, 1.165) is 16.7 Å². The molecule has 0 amide bonds. The zero-order valence-electron chi connectivity index (χ0n) is 14.1. The van der Waals surface area contributed by atoms with Crippen molar-refractivity contribution in [1.82, 2.24) is 4.31 Å². The van der Waals surface area contributed by atoms with Crippen molar-refractivity contribution < 1.29 is 18.4 Å². The Bertz CT molecular complexity index is 905. The van der Waals surface area contributed by atoms with Gasteiger partial charge in [-0.05, 0) is 42.8 Å². The molecule has 132 valence electrons. The van der Waals surface area contributed by atoms with Crippen LogP contribution >= 0.6 is 0 Å². The number of fused-ring (bicyclic) bond motifs is 1. The molecule has 1 heterocycles. The molecule has 7 heteroatoms. The van der Waals surface area contributed by atoms with Gasteiger partial charge in [-0.1, -0.05) is 22.9 Å². The van der Waals surface area contributed by atoms with Gasteiger partial charge in [0, 0.05) is 25.1 Å². The number of oxime groups is 1. The Morgan fingerprint density at radius 3 is 2.52 bits per heavy atom. The van der Waals surface area contributed by atoms with Crippen LogP contribution in [0.4, 0.5) is 0 Å². The van der Waals surface area contributed by atoms with Gasteiger partial charge in [-0.2, -0.15) is 4.31 Å². The number of hydrogen-bond donors (Lipinski definition) is 1. The third-order valence-corrected chi connectivity index (χ3v) is 6.21. The Morgan fingerprint density at radius 1 is 1.16 bits per heavy atom. The van der Waals surface area contributed by atoms with E-state index in [1.54, 1.807) is 49.6 Å². The van der Waals surface area contributed by atoms with Crippen LogP contribution in [0.5, 0.6) is 5.75 Å². The van der Waals surface area contributed by atoms with Crippen molar-refractivity contribution in [2.45, 2.75) is 24.8 Å². The zero-order chi connectivity index (χ0) is 18.0. The van der Waals surface area contributed by atoms with Gasteiger partial charge in [0.15, 0.2) is 0 Å². The number of hydrogen-bond acceptors (Lipinski definition) is 5. The van der Waals surface area contributed by atoms with Gasteiger partial charge < -0.3 is 9.94 Å². The Hall–Kier alpha value is -2.38. The van der Waals surface area contributed by atoms with E-state index < -0.39 is 10.0 Å². The summed E-state index contributed by atoms with van der Waals surface area (Å²) in [5.74, 6) is 0.630. The predicted octanol–water partition coefficient (Wildman–Crippen LogP) is 2.78. The SMILES string of the molecule is COc1ccc2c(c1)CN(S(=O)(=O)c1ccc(C)cc1)CC/C2=N\O. The lowest BCUT2D eigenvalue weighted by molar-refractivity contribution is 0.317. The summed E-state index contributed by atoms with van der Waals surface area (Å²) in [6.07, 6.45) is 0.334. The maximum Gasteiger partial charge on any atom is 0.243 e. The smallest absolute Gasteiger partial charge is 0.243 e. The molecule has 1 aliphatic heterocycles. The fourth-order valence-corrected chi connectivity index (χ4v) is 4.33.